The number of carbonyl (C=O) groups is 1. The Balaban J connectivity index is 1.67. The number of rotatable bonds is 8. The highest BCUT2D eigenvalue weighted by atomic mass is 79.9. The Kier molecular flexibility index (Phi) is 6.96. The molecule has 0 bridgehead atoms. The molecule has 1 aromatic heterocycles. The lowest BCUT2D eigenvalue weighted by Crippen LogP contribution is -2.30. The highest BCUT2D eigenvalue weighted by molar-refractivity contribution is 9.10. The van der Waals surface area contributed by atoms with Crippen molar-refractivity contribution in [3.63, 3.8) is 0 Å². The minimum atomic E-state index is -4.23. The van der Waals surface area contributed by atoms with E-state index in [1.807, 2.05) is 22.0 Å². The number of methoxy groups -OCH3 is 1. The van der Waals surface area contributed by atoms with Gasteiger partial charge in [-0.3, -0.25) is 4.79 Å². The van der Waals surface area contributed by atoms with Crippen LogP contribution in [0.1, 0.15) is 11.1 Å². The molecule has 2 aromatic carbocycles. The molecule has 1 aliphatic heterocycles. The fourth-order valence-electron chi connectivity index (χ4n) is 3.36. The number of nitrogens with one attached hydrogen (secondary N) is 1. The van der Waals surface area contributed by atoms with Gasteiger partial charge >= 0.3 is 10.2 Å². The summed E-state index contributed by atoms with van der Waals surface area (Å²) in [4.78, 5) is 17.9. The number of amides is 1. The Hall–Kier alpha value is -2.90. The molecule has 0 saturated carbocycles. The maximum Gasteiger partial charge on any atom is 0.326 e. The van der Waals surface area contributed by atoms with Gasteiger partial charge in [0.15, 0.2) is 10.9 Å². The van der Waals surface area contributed by atoms with Crippen LogP contribution in [0.25, 0.3) is 0 Å². The Morgan fingerprint density at radius 1 is 1.26 bits per heavy atom. The minimum absolute atomic E-state index is 0.000359. The zero-order chi connectivity index (χ0) is 24.5. The van der Waals surface area contributed by atoms with Crippen LogP contribution < -0.4 is 23.4 Å². The molecule has 1 aliphatic rings. The van der Waals surface area contributed by atoms with E-state index in [-0.39, 0.29) is 18.0 Å². The molecule has 4 rings (SSSR count). The number of ether oxygens (including phenoxy) is 2. The molecule has 2 heterocycles. The fourth-order valence-corrected chi connectivity index (χ4v) is 5.75. The molecular weight excluding hydrogens is 551 g/mol. The molecule has 13 heteroatoms. The van der Waals surface area contributed by atoms with Crippen LogP contribution in [0.4, 0.5) is 15.2 Å². The van der Waals surface area contributed by atoms with Gasteiger partial charge in [0.25, 0.3) is 5.91 Å². The molecule has 0 unspecified atom stereocenters. The topological polar surface area (TPSA) is 101 Å². The summed E-state index contributed by atoms with van der Waals surface area (Å²) in [5.41, 5.74) is 0.978. The average Bonchev–Trinajstić information content (AvgIpc) is 3.33. The van der Waals surface area contributed by atoms with Gasteiger partial charge < -0.3 is 14.4 Å². The van der Waals surface area contributed by atoms with Gasteiger partial charge in [-0.2, -0.15) is 8.42 Å². The molecular formula is C21H20BrFN4O5S2. The first-order valence-corrected chi connectivity index (χ1v) is 13.0. The van der Waals surface area contributed by atoms with E-state index in [2.05, 4.69) is 20.9 Å². The summed E-state index contributed by atoms with van der Waals surface area (Å²) in [6.45, 7) is -0.199. The molecule has 0 radical (unpaired) electrons. The SMILES string of the molecule is COc1ccc(COc2cc(CN(C)c3nc(Br)cs3)cc(F)c2N2CC(=O)NS2(=O)=O)cc1. The quantitative estimate of drug-likeness (QED) is 0.442. The number of hydrogen-bond acceptors (Lipinski definition) is 8. The van der Waals surface area contributed by atoms with Crippen LogP contribution >= 0.6 is 27.3 Å². The number of carbonyl (C=O) groups excluding carboxylic acids is 1. The zero-order valence-corrected chi connectivity index (χ0v) is 21.3. The van der Waals surface area contributed by atoms with Gasteiger partial charge in [0.05, 0.1) is 7.11 Å². The normalized spacial score (nSPS) is 14.7. The van der Waals surface area contributed by atoms with Crippen molar-refractivity contribution in [2.45, 2.75) is 13.2 Å². The van der Waals surface area contributed by atoms with Gasteiger partial charge in [-0.1, -0.05) is 12.1 Å². The lowest BCUT2D eigenvalue weighted by Gasteiger charge is -2.22. The smallest absolute Gasteiger partial charge is 0.326 e. The van der Waals surface area contributed by atoms with Crippen LogP contribution in [0.2, 0.25) is 0 Å². The first-order chi connectivity index (χ1) is 16.2. The Morgan fingerprint density at radius 3 is 2.59 bits per heavy atom. The number of halogens is 2. The number of thiazole rings is 1. The van der Waals surface area contributed by atoms with Gasteiger partial charge in [-0.15, -0.1) is 11.3 Å². The second kappa shape index (κ2) is 9.76. The first-order valence-electron chi connectivity index (χ1n) is 9.90. The van der Waals surface area contributed by atoms with Gasteiger partial charge in [0.2, 0.25) is 0 Å². The number of anilines is 2. The summed E-state index contributed by atoms with van der Waals surface area (Å²) in [6, 6.07) is 9.87. The molecule has 3 aromatic rings. The van der Waals surface area contributed by atoms with E-state index in [0.29, 0.717) is 31.9 Å². The van der Waals surface area contributed by atoms with Crippen molar-refractivity contribution in [1.29, 1.82) is 0 Å². The highest BCUT2D eigenvalue weighted by Crippen LogP contribution is 2.37. The molecule has 1 N–H and O–H groups in total. The predicted molar refractivity (Wildman–Crippen MR) is 130 cm³/mol. The van der Waals surface area contributed by atoms with Gasteiger partial charge in [-0.25, -0.2) is 18.4 Å². The van der Waals surface area contributed by atoms with Crippen molar-refractivity contribution in [3.8, 4) is 11.5 Å². The van der Waals surface area contributed by atoms with Crippen molar-refractivity contribution >= 4 is 54.2 Å². The second-order valence-electron chi connectivity index (χ2n) is 7.41. The Labute approximate surface area is 208 Å². The summed E-state index contributed by atoms with van der Waals surface area (Å²) in [7, 11) is -0.866. The summed E-state index contributed by atoms with van der Waals surface area (Å²) in [6.07, 6.45) is 0. The van der Waals surface area contributed by atoms with Gasteiger partial charge in [0.1, 0.15) is 34.9 Å². The fraction of sp³-hybridized carbons (Fsp3) is 0.238. The standard InChI is InChI=1S/C21H20BrFN4O5S2/c1-26(21-24-18(22)12-33-21)9-14-7-16(23)20(27-10-19(28)25-34(27,29)30)17(8-14)32-11-13-3-5-15(31-2)6-4-13/h3-8,12H,9-11H2,1-2H3,(H,25,28). The summed E-state index contributed by atoms with van der Waals surface area (Å²) in [5.74, 6) is -0.906. The molecule has 9 nitrogen and oxygen atoms in total. The molecule has 1 fully saturated rings. The summed E-state index contributed by atoms with van der Waals surface area (Å²) >= 11 is 4.73. The van der Waals surface area contributed by atoms with Crippen LogP contribution in [0.15, 0.2) is 46.4 Å². The van der Waals surface area contributed by atoms with Crippen LogP contribution in [-0.4, -0.2) is 40.0 Å². The number of nitrogens with zero attached hydrogens (tertiary/aromatic N) is 3. The molecule has 180 valence electrons. The van der Waals surface area contributed by atoms with E-state index in [1.54, 1.807) is 37.4 Å². The lowest BCUT2D eigenvalue weighted by molar-refractivity contribution is -0.117. The molecule has 1 amide bonds. The van der Waals surface area contributed by atoms with E-state index in [9.17, 15) is 13.2 Å². The predicted octanol–water partition coefficient (Wildman–Crippen LogP) is 3.45. The summed E-state index contributed by atoms with van der Waals surface area (Å²) in [5, 5.41) is 2.55. The molecule has 34 heavy (non-hydrogen) atoms. The number of benzene rings is 2. The van der Waals surface area contributed by atoms with Crippen molar-refractivity contribution in [3.05, 3.63) is 63.3 Å². The lowest BCUT2D eigenvalue weighted by atomic mass is 10.1. The second-order valence-corrected chi connectivity index (χ2v) is 10.7. The molecule has 0 spiro atoms. The third-order valence-corrected chi connectivity index (χ3v) is 7.96. The van der Waals surface area contributed by atoms with Crippen LogP contribution in [0.5, 0.6) is 11.5 Å². The monoisotopic (exact) mass is 570 g/mol. The van der Waals surface area contributed by atoms with Gasteiger partial charge in [-0.05, 0) is 51.3 Å². The van der Waals surface area contributed by atoms with E-state index < -0.39 is 28.5 Å². The van der Waals surface area contributed by atoms with E-state index in [4.69, 9.17) is 9.47 Å². The third kappa shape index (κ3) is 5.26. The minimum Gasteiger partial charge on any atom is -0.497 e. The van der Waals surface area contributed by atoms with Crippen molar-refractivity contribution < 1.29 is 27.1 Å². The van der Waals surface area contributed by atoms with Crippen molar-refractivity contribution in [1.82, 2.24) is 9.71 Å². The van der Waals surface area contributed by atoms with E-state index in [1.165, 1.54) is 17.4 Å². The van der Waals surface area contributed by atoms with Crippen LogP contribution in [0, 0.1) is 5.82 Å². The average molecular weight is 571 g/mol. The number of hydrogen-bond donors (Lipinski definition) is 1. The van der Waals surface area contributed by atoms with E-state index >= 15 is 4.39 Å². The highest BCUT2D eigenvalue weighted by Gasteiger charge is 2.38. The summed E-state index contributed by atoms with van der Waals surface area (Å²) < 4.78 is 54.4. The van der Waals surface area contributed by atoms with Gasteiger partial charge in [0, 0.05) is 19.0 Å². The van der Waals surface area contributed by atoms with Crippen molar-refractivity contribution in [2.75, 3.05) is 29.9 Å². The van der Waals surface area contributed by atoms with E-state index in [0.717, 1.165) is 5.56 Å². The molecule has 1 saturated heterocycles. The largest absolute Gasteiger partial charge is 0.497 e. The van der Waals surface area contributed by atoms with Crippen LogP contribution in [-0.2, 0) is 28.2 Å². The zero-order valence-electron chi connectivity index (χ0n) is 18.1. The molecule has 0 aliphatic carbocycles. The van der Waals surface area contributed by atoms with Crippen LogP contribution in [0.3, 0.4) is 0 Å². The Morgan fingerprint density at radius 2 is 2.00 bits per heavy atom. The maximum absolute atomic E-state index is 15.3. The van der Waals surface area contributed by atoms with Crippen molar-refractivity contribution in [2.24, 2.45) is 0 Å². The number of aromatic nitrogens is 1. The molecule has 0 atom stereocenters. The Bertz CT molecular complexity index is 1320. The first kappa shape index (κ1) is 24.2. The maximum atomic E-state index is 15.3. The third-order valence-electron chi connectivity index (χ3n) is 4.92.